The van der Waals surface area contributed by atoms with Crippen LogP contribution in [0.4, 0.5) is 0 Å². The molecule has 0 fully saturated rings. The third-order valence-electron chi connectivity index (χ3n) is 2.98. The minimum Gasteiger partial charge on any atom is -0.452 e. The SMILES string of the molecule is CN1CCc2c(Cl)ccc3o[c]c(c23)C1. The largest absolute Gasteiger partial charge is 0.452 e. The highest BCUT2D eigenvalue weighted by Gasteiger charge is 2.19. The summed E-state index contributed by atoms with van der Waals surface area (Å²) in [5.74, 6) is 0. The second-order valence-corrected chi connectivity index (χ2v) is 4.48. The van der Waals surface area contributed by atoms with Gasteiger partial charge in [-0.15, -0.1) is 0 Å². The summed E-state index contributed by atoms with van der Waals surface area (Å²) in [6.45, 7) is 1.92. The van der Waals surface area contributed by atoms with Crippen LogP contribution in [0.1, 0.15) is 11.1 Å². The molecule has 0 amide bonds. The molecule has 1 aromatic heterocycles. The Morgan fingerprint density at radius 3 is 3.20 bits per heavy atom. The van der Waals surface area contributed by atoms with Crippen molar-refractivity contribution in [3.63, 3.8) is 0 Å². The molecular weight excluding hydrogens is 210 g/mol. The quantitative estimate of drug-likeness (QED) is 0.679. The maximum absolute atomic E-state index is 6.21. The summed E-state index contributed by atoms with van der Waals surface area (Å²) in [5.41, 5.74) is 3.24. The lowest BCUT2D eigenvalue weighted by molar-refractivity contribution is 0.334. The molecule has 0 N–H and O–H groups in total. The number of hydrogen-bond donors (Lipinski definition) is 0. The normalized spacial score (nSPS) is 16.9. The van der Waals surface area contributed by atoms with Crippen LogP contribution in [0.2, 0.25) is 5.02 Å². The zero-order valence-corrected chi connectivity index (χ0v) is 9.27. The van der Waals surface area contributed by atoms with Crippen LogP contribution in [0, 0.1) is 6.26 Å². The van der Waals surface area contributed by atoms with Crippen molar-refractivity contribution in [3.8, 4) is 0 Å². The molecule has 2 heterocycles. The Labute approximate surface area is 93.4 Å². The third-order valence-corrected chi connectivity index (χ3v) is 3.33. The summed E-state index contributed by atoms with van der Waals surface area (Å²) in [6, 6.07) is 3.83. The minimum atomic E-state index is 0.842. The van der Waals surface area contributed by atoms with Gasteiger partial charge < -0.3 is 9.32 Å². The van der Waals surface area contributed by atoms with Crippen LogP contribution in [0.25, 0.3) is 11.0 Å². The van der Waals surface area contributed by atoms with E-state index in [1.54, 1.807) is 0 Å². The van der Waals surface area contributed by atoms with E-state index in [1.807, 2.05) is 12.1 Å². The number of rotatable bonds is 0. The molecule has 1 radical (unpaired) electrons. The molecule has 0 aliphatic carbocycles. The summed E-state index contributed by atoms with van der Waals surface area (Å²) in [4.78, 5) is 2.26. The van der Waals surface area contributed by atoms with Crippen LogP contribution < -0.4 is 0 Å². The Morgan fingerprint density at radius 1 is 1.47 bits per heavy atom. The van der Waals surface area contributed by atoms with Crippen molar-refractivity contribution in [1.29, 1.82) is 0 Å². The maximum Gasteiger partial charge on any atom is 0.175 e. The lowest BCUT2D eigenvalue weighted by Gasteiger charge is -2.11. The molecule has 77 valence electrons. The smallest absolute Gasteiger partial charge is 0.175 e. The molecule has 3 heteroatoms. The summed E-state index contributed by atoms with van der Waals surface area (Å²) in [6.07, 6.45) is 3.96. The van der Waals surface area contributed by atoms with Crippen LogP contribution in [0.3, 0.4) is 0 Å². The van der Waals surface area contributed by atoms with Gasteiger partial charge in [0.25, 0.3) is 0 Å². The minimum absolute atomic E-state index is 0.842. The molecule has 0 saturated heterocycles. The molecule has 0 unspecified atom stereocenters. The van der Waals surface area contributed by atoms with Crippen LogP contribution in [0.5, 0.6) is 0 Å². The van der Waals surface area contributed by atoms with Crippen LogP contribution in [-0.2, 0) is 13.0 Å². The van der Waals surface area contributed by atoms with E-state index in [-0.39, 0.29) is 0 Å². The Hall–Kier alpha value is -0.990. The fraction of sp³-hybridized carbons (Fsp3) is 0.333. The number of benzene rings is 1. The zero-order chi connectivity index (χ0) is 10.4. The highest BCUT2D eigenvalue weighted by atomic mass is 35.5. The van der Waals surface area contributed by atoms with Gasteiger partial charge in [-0.25, -0.2) is 0 Å². The Morgan fingerprint density at radius 2 is 2.33 bits per heavy atom. The summed E-state index contributed by atoms with van der Waals surface area (Å²) in [7, 11) is 2.10. The molecule has 0 spiro atoms. The average Bonchev–Trinajstić information content (AvgIpc) is 2.52. The number of nitrogens with zero attached hydrogens (tertiary/aromatic N) is 1. The number of hydrogen-bond acceptors (Lipinski definition) is 2. The van der Waals surface area contributed by atoms with Crippen LogP contribution in [0.15, 0.2) is 16.5 Å². The molecule has 1 aromatic carbocycles. The second kappa shape index (κ2) is 3.26. The molecule has 2 nitrogen and oxygen atoms in total. The average molecular weight is 221 g/mol. The monoisotopic (exact) mass is 220 g/mol. The lowest BCUT2D eigenvalue weighted by Crippen LogP contribution is -2.18. The molecule has 1 aliphatic rings. The van der Waals surface area contributed by atoms with E-state index < -0.39 is 0 Å². The highest BCUT2D eigenvalue weighted by molar-refractivity contribution is 6.32. The van der Waals surface area contributed by atoms with Gasteiger partial charge >= 0.3 is 0 Å². The van der Waals surface area contributed by atoms with E-state index in [9.17, 15) is 0 Å². The van der Waals surface area contributed by atoms with Gasteiger partial charge in [-0.1, -0.05) is 11.6 Å². The predicted octanol–water partition coefficient (Wildman–Crippen LogP) is 2.87. The van der Waals surface area contributed by atoms with Crippen molar-refractivity contribution in [3.05, 3.63) is 34.5 Å². The van der Waals surface area contributed by atoms with Crippen molar-refractivity contribution < 1.29 is 4.42 Å². The van der Waals surface area contributed by atoms with Gasteiger partial charge in [0.1, 0.15) is 5.58 Å². The Kier molecular flexibility index (Phi) is 2.01. The Balaban J connectivity index is 2.34. The molecule has 3 rings (SSSR count). The number of furan rings is 1. The van der Waals surface area contributed by atoms with E-state index >= 15 is 0 Å². The standard InChI is InChI=1S/C12H11ClNO/c1-14-5-4-9-10(13)2-3-11-12(9)8(6-14)7-15-11/h2-3H,4-6H2,1H3. The first-order valence-corrected chi connectivity index (χ1v) is 5.42. The van der Waals surface area contributed by atoms with Crippen LogP contribution >= 0.6 is 11.6 Å². The fourth-order valence-corrected chi connectivity index (χ4v) is 2.44. The van der Waals surface area contributed by atoms with Crippen LogP contribution in [-0.4, -0.2) is 18.5 Å². The fourth-order valence-electron chi connectivity index (χ4n) is 2.19. The predicted molar refractivity (Wildman–Crippen MR) is 60.1 cm³/mol. The molecule has 1 aliphatic heterocycles. The van der Waals surface area contributed by atoms with Gasteiger partial charge in [-0.3, -0.25) is 0 Å². The van der Waals surface area contributed by atoms with E-state index in [2.05, 4.69) is 18.2 Å². The molecule has 15 heavy (non-hydrogen) atoms. The van der Waals surface area contributed by atoms with Crippen molar-refractivity contribution in [2.24, 2.45) is 0 Å². The second-order valence-electron chi connectivity index (χ2n) is 4.07. The van der Waals surface area contributed by atoms with Gasteiger partial charge in [0.2, 0.25) is 0 Å². The van der Waals surface area contributed by atoms with Crippen molar-refractivity contribution in [2.75, 3.05) is 13.6 Å². The maximum atomic E-state index is 6.21. The van der Waals surface area contributed by atoms with Gasteiger partial charge in [-0.2, -0.15) is 0 Å². The van der Waals surface area contributed by atoms with Crippen molar-refractivity contribution in [2.45, 2.75) is 13.0 Å². The summed E-state index contributed by atoms with van der Waals surface area (Å²) >= 11 is 6.21. The van der Waals surface area contributed by atoms with E-state index in [4.69, 9.17) is 16.0 Å². The van der Waals surface area contributed by atoms with Gasteiger partial charge in [0.05, 0.1) is 0 Å². The lowest BCUT2D eigenvalue weighted by atomic mass is 10.1. The van der Waals surface area contributed by atoms with Crippen molar-refractivity contribution >= 4 is 22.6 Å². The van der Waals surface area contributed by atoms with Gasteiger partial charge in [-0.05, 0) is 31.2 Å². The van der Waals surface area contributed by atoms with E-state index in [1.165, 1.54) is 10.9 Å². The number of likely N-dealkylation sites (N-methyl/N-ethyl adjacent to an activating group) is 1. The Bertz CT molecular complexity index is 518. The first kappa shape index (κ1) is 9.25. The first-order chi connectivity index (χ1) is 7.25. The first-order valence-electron chi connectivity index (χ1n) is 5.04. The van der Waals surface area contributed by atoms with Gasteiger partial charge in [0.15, 0.2) is 6.26 Å². The number of halogens is 1. The molecule has 0 atom stereocenters. The molecule has 0 bridgehead atoms. The topological polar surface area (TPSA) is 16.4 Å². The highest BCUT2D eigenvalue weighted by Crippen LogP contribution is 2.32. The van der Waals surface area contributed by atoms with Crippen molar-refractivity contribution in [1.82, 2.24) is 4.90 Å². The molecule has 0 saturated carbocycles. The third kappa shape index (κ3) is 1.36. The van der Waals surface area contributed by atoms with Gasteiger partial charge in [0, 0.05) is 29.1 Å². The summed E-state index contributed by atoms with van der Waals surface area (Å²) in [5, 5.41) is 2.01. The summed E-state index contributed by atoms with van der Waals surface area (Å²) < 4.78 is 5.41. The molecular formula is C12H11ClNO. The van der Waals surface area contributed by atoms with E-state index in [0.717, 1.165) is 35.7 Å². The molecule has 2 aromatic rings. The zero-order valence-electron chi connectivity index (χ0n) is 8.51. The van der Waals surface area contributed by atoms with E-state index in [0.29, 0.717) is 0 Å².